The number of benzene rings is 1. The Morgan fingerprint density at radius 2 is 2.14 bits per heavy atom. The second-order valence-electron chi connectivity index (χ2n) is 5.82. The topological polar surface area (TPSA) is 87.1 Å². The van der Waals surface area contributed by atoms with Crippen LogP contribution < -0.4 is 11.0 Å². The SMILES string of the molecule is Cn1c(=O)[nH]c2cc(C(=O)NC3(CO)CCCC3)ccc21. The lowest BCUT2D eigenvalue weighted by Gasteiger charge is -2.28. The molecule has 0 aliphatic heterocycles. The molecule has 1 aromatic carbocycles. The van der Waals surface area contributed by atoms with Crippen molar-refractivity contribution in [1.82, 2.24) is 14.9 Å². The number of hydrogen-bond donors (Lipinski definition) is 3. The molecule has 3 N–H and O–H groups in total. The molecule has 1 aromatic heterocycles. The lowest BCUT2D eigenvalue weighted by atomic mass is 9.98. The van der Waals surface area contributed by atoms with Crippen LogP contribution in [0.4, 0.5) is 0 Å². The Balaban J connectivity index is 1.89. The largest absolute Gasteiger partial charge is 0.394 e. The molecule has 0 saturated heterocycles. The van der Waals surface area contributed by atoms with Gasteiger partial charge in [0.05, 0.1) is 23.2 Å². The molecular weight excluding hydrogens is 270 g/mol. The first-order valence-corrected chi connectivity index (χ1v) is 7.17. The number of aliphatic hydroxyl groups is 1. The van der Waals surface area contributed by atoms with E-state index in [9.17, 15) is 14.7 Å². The van der Waals surface area contributed by atoms with Crippen LogP contribution in [0.5, 0.6) is 0 Å². The molecule has 2 aromatic rings. The first kappa shape index (κ1) is 13.9. The van der Waals surface area contributed by atoms with Crippen LogP contribution in [0, 0.1) is 0 Å². The van der Waals surface area contributed by atoms with Gasteiger partial charge in [-0.25, -0.2) is 4.79 Å². The number of nitrogens with zero attached hydrogens (tertiary/aromatic N) is 1. The number of imidazole rings is 1. The molecule has 0 bridgehead atoms. The van der Waals surface area contributed by atoms with Crippen LogP contribution in [0.25, 0.3) is 11.0 Å². The van der Waals surface area contributed by atoms with E-state index in [1.807, 2.05) is 0 Å². The van der Waals surface area contributed by atoms with E-state index in [0.29, 0.717) is 11.1 Å². The normalized spacial score (nSPS) is 17.2. The molecule has 0 atom stereocenters. The maximum Gasteiger partial charge on any atom is 0.326 e. The van der Waals surface area contributed by atoms with Crippen LogP contribution in [0.3, 0.4) is 0 Å². The summed E-state index contributed by atoms with van der Waals surface area (Å²) in [7, 11) is 1.68. The minimum absolute atomic E-state index is 0.0385. The number of rotatable bonds is 3. The molecule has 1 amide bonds. The van der Waals surface area contributed by atoms with Crippen molar-refractivity contribution in [3.8, 4) is 0 Å². The van der Waals surface area contributed by atoms with Gasteiger partial charge in [-0.05, 0) is 31.0 Å². The Hall–Kier alpha value is -2.08. The third-order valence-corrected chi connectivity index (χ3v) is 4.41. The fourth-order valence-electron chi connectivity index (χ4n) is 3.07. The summed E-state index contributed by atoms with van der Waals surface area (Å²) in [5, 5.41) is 12.5. The van der Waals surface area contributed by atoms with E-state index in [0.717, 1.165) is 31.2 Å². The number of amides is 1. The molecule has 1 aliphatic carbocycles. The molecule has 1 heterocycles. The summed E-state index contributed by atoms with van der Waals surface area (Å²) in [5.41, 5.74) is 1.19. The van der Waals surface area contributed by atoms with E-state index in [1.54, 1.807) is 25.2 Å². The van der Waals surface area contributed by atoms with Gasteiger partial charge in [0.25, 0.3) is 5.91 Å². The van der Waals surface area contributed by atoms with Crippen molar-refractivity contribution < 1.29 is 9.90 Å². The van der Waals surface area contributed by atoms with E-state index in [-0.39, 0.29) is 18.2 Å². The molecule has 6 nitrogen and oxygen atoms in total. The second kappa shape index (κ2) is 5.04. The maximum atomic E-state index is 12.4. The number of fused-ring (bicyclic) bond motifs is 1. The highest BCUT2D eigenvalue weighted by Gasteiger charge is 2.34. The van der Waals surface area contributed by atoms with Gasteiger partial charge in [0.2, 0.25) is 0 Å². The number of hydrogen-bond acceptors (Lipinski definition) is 3. The number of aliphatic hydroxyl groups excluding tert-OH is 1. The van der Waals surface area contributed by atoms with Crippen molar-refractivity contribution in [2.24, 2.45) is 7.05 Å². The zero-order chi connectivity index (χ0) is 15.0. The van der Waals surface area contributed by atoms with Crippen LogP contribution in [0.15, 0.2) is 23.0 Å². The summed E-state index contributed by atoms with van der Waals surface area (Å²) in [4.78, 5) is 26.7. The molecule has 3 rings (SSSR count). The maximum absolute atomic E-state index is 12.4. The molecule has 0 radical (unpaired) electrons. The van der Waals surface area contributed by atoms with E-state index in [4.69, 9.17) is 0 Å². The molecule has 1 fully saturated rings. The second-order valence-corrected chi connectivity index (χ2v) is 5.82. The van der Waals surface area contributed by atoms with Gasteiger partial charge in [0, 0.05) is 12.6 Å². The smallest absolute Gasteiger partial charge is 0.326 e. The molecule has 6 heteroatoms. The number of aromatic amines is 1. The molecule has 21 heavy (non-hydrogen) atoms. The van der Waals surface area contributed by atoms with Crippen LogP contribution in [-0.2, 0) is 7.05 Å². The van der Waals surface area contributed by atoms with Gasteiger partial charge in [-0.1, -0.05) is 12.8 Å². The van der Waals surface area contributed by atoms with Gasteiger partial charge in [0.1, 0.15) is 0 Å². The highest BCUT2D eigenvalue weighted by molar-refractivity contribution is 5.97. The number of carbonyl (C=O) groups is 1. The number of aryl methyl sites for hydroxylation is 1. The van der Waals surface area contributed by atoms with E-state index >= 15 is 0 Å². The Labute approximate surface area is 121 Å². The zero-order valence-corrected chi connectivity index (χ0v) is 12.0. The van der Waals surface area contributed by atoms with Crippen LogP contribution >= 0.6 is 0 Å². The van der Waals surface area contributed by atoms with Crippen molar-refractivity contribution in [3.63, 3.8) is 0 Å². The van der Waals surface area contributed by atoms with Gasteiger partial charge in [-0.15, -0.1) is 0 Å². The first-order chi connectivity index (χ1) is 10.0. The third kappa shape index (κ3) is 2.35. The number of carbonyl (C=O) groups excluding carboxylic acids is 1. The molecule has 1 aliphatic rings. The predicted octanol–water partition coefficient (Wildman–Crippen LogP) is 0.901. The Bertz CT molecular complexity index is 738. The standard InChI is InChI=1S/C15H19N3O3/c1-18-12-5-4-10(8-11(12)16-14(18)21)13(20)17-15(9-19)6-2-3-7-15/h4-5,8,19H,2-3,6-7,9H2,1H3,(H,16,21)(H,17,20). The van der Waals surface area contributed by atoms with Gasteiger partial charge in [-0.3, -0.25) is 9.36 Å². The van der Waals surface area contributed by atoms with E-state index < -0.39 is 5.54 Å². The summed E-state index contributed by atoms with van der Waals surface area (Å²) < 4.78 is 1.50. The first-order valence-electron chi connectivity index (χ1n) is 7.17. The quantitative estimate of drug-likeness (QED) is 0.784. The monoisotopic (exact) mass is 289 g/mol. The van der Waals surface area contributed by atoms with Crippen molar-refractivity contribution in [2.45, 2.75) is 31.2 Å². The van der Waals surface area contributed by atoms with E-state index in [2.05, 4.69) is 10.3 Å². The Morgan fingerprint density at radius 3 is 2.81 bits per heavy atom. The number of aromatic nitrogens is 2. The average molecular weight is 289 g/mol. The van der Waals surface area contributed by atoms with Crippen LogP contribution in [-0.4, -0.2) is 32.7 Å². The molecular formula is C15H19N3O3. The van der Waals surface area contributed by atoms with Crippen molar-refractivity contribution in [2.75, 3.05) is 6.61 Å². The molecule has 112 valence electrons. The lowest BCUT2D eigenvalue weighted by Crippen LogP contribution is -2.49. The predicted molar refractivity (Wildman–Crippen MR) is 79.3 cm³/mol. The third-order valence-electron chi connectivity index (χ3n) is 4.41. The van der Waals surface area contributed by atoms with E-state index in [1.165, 1.54) is 4.57 Å². The van der Waals surface area contributed by atoms with Crippen molar-refractivity contribution in [1.29, 1.82) is 0 Å². The molecule has 0 spiro atoms. The minimum atomic E-state index is -0.490. The van der Waals surface area contributed by atoms with Crippen molar-refractivity contribution in [3.05, 3.63) is 34.2 Å². The number of nitrogens with one attached hydrogen (secondary N) is 2. The minimum Gasteiger partial charge on any atom is -0.394 e. The van der Waals surface area contributed by atoms with Crippen LogP contribution in [0.1, 0.15) is 36.0 Å². The summed E-state index contributed by atoms with van der Waals surface area (Å²) >= 11 is 0. The van der Waals surface area contributed by atoms with Crippen molar-refractivity contribution >= 4 is 16.9 Å². The highest BCUT2D eigenvalue weighted by Crippen LogP contribution is 2.29. The van der Waals surface area contributed by atoms with Gasteiger partial charge >= 0.3 is 5.69 Å². The average Bonchev–Trinajstić information content (AvgIpc) is 3.05. The number of H-pyrrole nitrogens is 1. The van der Waals surface area contributed by atoms with Gasteiger partial charge in [-0.2, -0.15) is 0 Å². The summed E-state index contributed by atoms with van der Waals surface area (Å²) in [5.74, 6) is -0.211. The zero-order valence-electron chi connectivity index (χ0n) is 12.0. The van der Waals surface area contributed by atoms with Gasteiger partial charge < -0.3 is 15.4 Å². The highest BCUT2D eigenvalue weighted by atomic mass is 16.3. The molecule has 0 unspecified atom stereocenters. The molecule has 1 saturated carbocycles. The summed E-state index contributed by atoms with van der Waals surface area (Å²) in [6.45, 7) is -0.0385. The fraction of sp³-hybridized carbons (Fsp3) is 0.467. The summed E-state index contributed by atoms with van der Waals surface area (Å²) in [6, 6.07) is 5.12. The fourth-order valence-corrected chi connectivity index (χ4v) is 3.07. The van der Waals surface area contributed by atoms with Crippen LogP contribution in [0.2, 0.25) is 0 Å². The Morgan fingerprint density at radius 1 is 1.43 bits per heavy atom. The summed E-state index contributed by atoms with van der Waals surface area (Å²) in [6.07, 6.45) is 3.65. The Kier molecular flexibility index (Phi) is 3.33. The lowest BCUT2D eigenvalue weighted by molar-refractivity contribution is 0.0838. The van der Waals surface area contributed by atoms with Gasteiger partial charge in [0.15, 0.2) is 0 Å².